The molecule has 0 spiro atoms. The number of hydrogen-bond acceptors (Lipinski definition) is 4. The highest BCUT2D eigenvalue weighted by atomic mass is 32.2. The van der Waals surface area contributed by atoms with Gasteiger partial charge in [0.25, 0.3) is 0 Å². The number of aromatic nitrogens is 4. The van der Waals surface area contributed by atoms with Crippen molar-refractivity contribution in [2.24, 2.45) is 0 Å². The number of thioether (sulfide) groups is 1. The summed E-state index contributed by atoms with van der Waals surface area (Å²) in [5.41, 5.74) is 5.55. The second kappa shape index (κ2) is 8.75. The number of amides is 1. The lowest BCUT2D eigenvalue weighted by Crippen LogP contribution is -2.29. The van der Waals surface area contributed by atoms with E-state index < -0.39 is 0 Å². The first-order valence-corrected chi connectivity index (χ1v) is 10.9. The third-order valence-electron chi connectivity index (χ3n) is 4.93. The Balaban J connectivity index is 1.34. The van der Waals surface area contributed by atoms with Gasteiger partial charge in [-0.25, -0.2) is 9.97 Å². The molecule has 1 N–H and O–H groups in total. The maximum Gasteiger partial charge on any atom is 0.230 e. The van der Waals surface area contributed by atoms with Crippen LogP contribution in [0.3, 0.4) is 0 Å². The fraction of sp³-hybridized carbons (Fsp3) is 0.261. The summed E-state index contributed by atoms with van der Waals surface area (Å²) in [7, 11) is 0. The molecule has 7 heteroatoms. The number of carbonyl (C=O) groups is 1. The Hall–Kier alpha value is -3.06. The predicted molar refractivity (Wildman–Crippen MR) is 121 cm³/mol. The molecule has 0 aliphatic heterocycles. The van der Waals surface area contributed by atoms with Gasteiger partial charge < -0.3 is 9.88 Å². The number of fused-ring (bicyclic) bond motifs is 1. The minimum atomic E-state index is -0.00273. The molecule has 4 aromatic rings. The first-order valence-electron chi connectivity index (χ1n) is 9.94. The molecule has 30 heavy (non-hydrogen) atoms. The van der Waals surface area contributed by atoms with Crippen LogP contribution in [0.2, 0.25) is 0 Å². The molecule has 2 aromatic carbocycles. The maximum absolute atomic E-state index is 12.4. The molecular weight excluding hydrogens is 394 g/mol. The van der Waals surface area contributed by atoms with E-state index in [0.29, 0.717) is 18.8 Å². The summed E-state index contributed by atoms with van der Waals surface area (Å²) in [4.78, 5) is 21.4. The molecule has 0 fully saturated rings. The molecule has 2 heterocycles. The zero-order valence-electron chi connectivity index (χ0n) is 17.4. The first kappa shape index (κ1) is 20.2. The minimum absolute atomic E-state index is 0.00273. The maximum atomic E-state index is 12.4. The van der Waals surface area contributed by atoms with Crippen molar-refractivity contribution in [2.45, 2.75) is 32.5 Å². The van der Waals surface area contributed by atoms with Crippen LogP contribution in [0, 0.1) is 20.8 Å². The van der Waals surface area contributed by atoms with Gasteiger partial charge >= 0.3 is 0 Å². The van der Waals surface area contributed by atoms with Gasteiger partial charge in [0.1, 0.15) is 5.82 Å². The fourth-order valence-electron chi connectivity index (χ4n) is 3.65. The van der Waals surface area contributed by atoms with E-state index in [0.717, 1.165) is 27.7 Å². The van der Waals surface area contributed by atoms with E-state index in [-0.39, 0.29) is 5.91 Å². The normalized spacial score (nSPS) is 11.2. The lowest BCUT2D eigenvalue weighted by atomic mass is 10.1. The van der Waals surface area contributed by atoms with Crippen molar-refractivity contribution in [1.29, 1.82) is 0 Å². The lowest BCUT2D eigenvalue weighted by molar-refractivity contribution is -0.118. The summed E-state index contributed by atoms with van der Waals surface area (Å²) in [5, 5.41) is 3.82. The molecule has 0 radical (unpaired) electrons. The first-order chi connectivity index (χ1) is 14.5. The molecule has 0 unspecified atom stereocenters. The molecule has 1 amide bonds. The fourth-order valence-corrected chi connectivity index (χ4v) is 4.45. The van der Waals surface area contributed by atoms with Crippen LogP contribution in [0.5, 0.6) is 0 Å². The molecule has 0 aliphatic rings. The van der Waals surface area contributed by atoms with Crippen molar-refractivity contribution in [3.05, 3.63) is 71.8 Å². The second-order valence-corrected chi connectivity index (χ2v) is 8.31. The van der Waals surface area contributed by atoms with Gasteiger partial charge in [-0.2, -0.15) is 0 Å². The number of rotatable bonds is 7. The second-order valence-electron chi connectivity index (χ2n) is 7.36. The lowest BCUT2D eigenvalue weighted by Gasteiger charge is -2.10. The highest BCUT2D eigenvalue weighted by Gasteiger charge is 2.11. The van der Waals surface area contributed by atoms with Gasteiger partial charge in [0, 0.05) is 31.2 Å². The van der Waals surface area contributed by atoms with E-state index in [1.807, 2.05) is 35.9 Å². The van der Waals surface area contributed by atoms with Gasteiger partial charge in [-0.1, -0.05) is 30.0 Å². The summed E-state index contributed by atoms with van der Waals surface area (Å²) >= 11 is 1.44. The van der Waals surface area contributed by atoms with Gasteiger partial charge in [-0.15, -0.1) is 0 Å². The van der Waals surface area contributed by atoms with Crippen molar-refractivity contribution in [3.8, 4) is 5.69 Å². The van der Waals surface area contributed by atoms with Crippen LogP contribution in [0.15, 0.2) is 60.0 Å². The molecular formula is C23H25N5OS. The van der Waals surface area contributed by atoms with E-state index in [1.165, 1.54) is 22.9 Å². The van der Waals surface area contributed by atoms with Crippen LogP contribution in [-0.2, 0) is 11.3 Å². The number of nitrogens with zero attached hydrogens (tertiary/aromatic N) is 4. The summed E-state index contributed by atoms with van der Waals surface area (Å²) in [5.74, 6) is 1.28. The summed E-state index contributed by atoms with van der Waals surface area (Å²) < 4.78 is 4.16. The highest BCUT2D eigenvalue weighted by Crippen LogP contribution is 2.22. The SMILES string of the molecule is Cc1cc(C)cc(-n2ccnc2SCC(=O)NCCn2c(C)nc3ccccc32)c1. The largest absolute Gasteiger partial charge is 0.354 e. The standard InChI is InChI=1S/C23H25N5OS/c1-16-12-17(2)14-19(13-16)28-11-9-25-23(28)30-15-22(29)24-8-10-27-18(3)26-20-6-4-5-7-21(20)27/h4-7,9,11-14H,8,10,15H2,1-3H3,(H,24,29). The average Bonchev–Trinajstić information content (AvgIpc) is 3.30. The number of benzene rings is 2. The van der Waals surface area contributed by atoms with E-state index in [4.69, 9.17) is 0 Å². The summed E-state index contributed by atoms with van der Waals surface area (Å²) in [6.45, 7) is 7.41. The van der Waals surface area contributed by atoms with Crippen LogP contribution in [0.1, 0.15) is 17.0 Å². The molecule has 154 valence electrons. The quantitative estimate of drug-likeness (QED) is 0.459. The number of para-hydroxylation sites is 2. The Labute approximate surface area is 180 Å². The van der Waals surface area contributed by atoms with Crippen molar-refractivity contribution >= 4 is 28.7 Å². The number of carbonyl (C=O) groups excluding carboxylic acids is 1. The van der Waals surface area contributed by atoms with Crippen LogP contribution < -0.4 is 5.32 Å². The van der Waals surface area contributed by atoms with Gasteiger partial charge in [0.15, 0.2) is 5.16 Å². The number of imidazole rings is 2. The number of nitrogens with one attached hydrogen (secondary N) is 1. The number of hydrogen-bond donors (Lipinski definition) is 1. The van der Waals surface area contributed by atoms with Crippen molar-refractivity contribution in [2.75, 3.05) is 12.3 Å². The van der Waals surface area contributed by atoms with E-state index in [2.05, 4.69) is 58.0 Å². The smallest absolute Gasteiger partial charge is 0.230 e. The molecule has 6 nitrogen and oxygen atoms in total. The summed E-state index contributed by atoms with van der Waals surface area (Å²) in [6.07, 6.45) is 3.70. The van der Waals surface area contributed by atoms with Crippen molar-refractivity contribution in [3.63, 3.8) is 0 Å². The van der Waals surface area contributed by atoms with Gasteiger partial charge in [-0.3, -0.25) is 9.36 Å². The number of aryl methyl sites for hydroxylation is 3. The van der Waals surface area contributed by atoms with E-state index in [9.17, 15) is 4.79 Å². The Kier molecular flexibility index (Phi) is 5.90. The van der Waals surface area contributed by atoms with Gasteiger partial charge in [0.2, 0.25) is 5.91 Å². The molecule has 4 rings (SSSR count). The zero-order valence-corrected chi connectivity index (χ0v) is 18.2. The zero-order chi connectivity index (χ0) is 21.1. The molecule has 0 atom stereocenters. The van der Waals surface area contributed by atoms with E-state index >= 15 is 0 Å². The van der Waals surface area contributed by atoms with Crippen LogP contribution >= 0.6 is 11.8 Å². The highest BCUT2D eigenvalue weighted by molar-refractivity contribution is 7.99. The average molecular weight is 420 g/mol. The van der Waals surface area contributed by atoms with Crippen molar-refractivity contribution < 1.29 is 4.79 Å². The van der Waals surface area contributed by atoms with Gasteiger partial charge in [0.05, 0.1) is 16.8 Å². The molecule has 0 aliphatic carbocycles. The Morgan fingerprint density at radius 1 is 1.10 bits per heavy atom. The predicted octanol–water partition coefficient (Wildman–Crippen LogP) is 4.06. The van der Waals surface area contributed by atoms with Crippen LogP contribution in [0.25, 0.3) is 16.7 Å². The van der Waals surface area contributed by atoms with Gasteiger partial charge in [-0.05, 0) is 56.2 Å². The third kappa shape index (κ3) is 4.41. The minimum Gasteiger partial charge on any atom is -0.354 e. The third-order valence-corrected chi connectivity index (χ3v) is 5.89. The Bertz CT molecular complexity index is 1170. The molecule has 0 bridgehead atoms. The Morgan fingerprint density at radius 2 is 1.87 bits per heavy atom. The molecule has 0 saturated heterocycles. The molecule has 0 saturated carbocycles. The summed E-state index contributed by atoms with van der Waals surface area (Å²) in [6, 6.07) is 14.4. The topological polar surface area (TPSA) is 64.7 Å². The molecule has 2 aromatic heterocycles. The monoisotopic (exact) mass is 419 g/mol. The van der Waals surface area contributed by atoms with E-state index in [1.54, 1.807) is 6.20 Å². The van der Waals surface area contributed by atoms with Crippen molar-refractivity contribution in [1.82, 2.24) is 24.4 Å². The Morgan fingerprint density at radius 3 is 2.67 bits per heavy atom. The van der Waals surface area contributed by atoms with Crippen LogP contribution in [-0.4, -0.2) is 37.3 Å². The van der Waals surface area contributed by atoms with Crippen LogP contribution in [0.4, 0.5) is 0 Å².